The van der Waals surface area contributed by atoms with E-state index in [-0.39, 0.29) is 35.0 Å². The van der Waals surface area contributed by atoms with Crippen molar-refractivity contribution >= 4 is 11.6 Å². The summed E-state index contributed by atoms with van der Waals surface area (Å²) in [6.07, 6.45) is 6.15. The number of carbonyl (C=O) groups is 2. The molecule has 2 aromatic heterocycles. The first-order valence-corrected chi connectivity index (χ1v) is 13.6. The summed E-state index contributed by atoms with van der Waals surface area (Å²) in [6, 6.07) is 10.2. The molecule has 5 rings (SSSR count). The van der Waals surface area contributed by atoms with Gasteiger partial charge >= 0.3 is 0 Å². The van der Waals surface area contributed by atoms with Gasteiger partial charge in [0.05, 0.1) is 5.56 Å². The molecule has 206 valence electrons. The van der Waals surface area contributed by atoms with Crippen molar-refractivity contribution in [3.05, 3.63) is 71.7 Å². The third-order valence-corrected chi connectivity index (χ3v) is 8.38. The first-order chi connectivity index (χ1) is 18.5. The van der Waals surface area contributed by atoms with Crippen LogP contribution in [0.4, 0.5) is 8.78 Å². The van der Waals surface area contributed by atoms with Crippen LogP contribution in [0.3, 0.4) is 0 Å². The summed E-state index contributed by atoms with van der Waals surface area (Å²) in [6.45, 7) is 8.63. The van der Waals surface area contributed by atoms with E-state index in [4.69, 9.17) is 4.52 Å². The van der Waals surface area contributed by atoms with Gasteiger partial charge in [0, 0.05) is 73.8 Å². The summed E-state index contributed by atoms with van der Waals surface area (Å²) in [5.74, 6) is -1.58. The van der Waals surface area contributed by atoms with Crippen LogP contribution in [-0.4, -0.2) is 46.2 Å². The Bertz CT molecular complexity index is 1360. The zero-order valence-corrected chi connectivity index (χ0v) is 22.8. The summed E-state index contributed by atoms with van der Waals surface area (Å²) in [4.78, 5) is 33.6. The molecule has 1 aliphatic carbocycles. The van der Waals surface area contributed by atoms with E-state index in [2.05, 4.69) is 22.0 Å². The van der Waals surface area contributed by atoms with Crippen LogP contribution < -0.4 is 0 Å². The topological polar surface area (TPSA) is 76.3 Å². The molecule has 1 saturated heterocycles. The zero-order valence-electron chi connectivity index (χ0n) is 22.8. The molecule has 1 aromatic carbocycles. The lowest BCUT2D eigenvalue weighted by Crippen LogP contribution is -2.60. The van der Waals surface area contributed by atoms with E-state index in [1.165, 1.54) is 31.4 Å². The smallest absolute Gasteiger partial charge is 0.185 e. The van der Waals surface area contributed by atoms with Crippen molar-refractivity contribution in [3.8, 4) is 11.3 Å². The first kappa shape index (κ1) is 27.3. The Morgan fingerprint density at radius 1 is 1.08 bits per heavy atom. The third kappa shape index (κ3) is 6.01. The van der Waals surface area contributed by atoms with Crippen molar-refractivity contribution in [1.29, 1.82) is 0 Å². The molecule has 1 aliphatic heterocycles. The number of halogens is 2. The van der Waals surface area contributed by atoms with Gasteiger partial charge in [-0.1, -0.05) is 38.4 Å². The predicted molar refractivity (Wildman–Crippen MR) is 143 cm³/mol. The lowest BCUT2D eigenvalue weighted by Gasteiger charge is -2.54. The lowest BCUT2D eigenvalue weighted by molar-refractivity contribution is -0.127. The monoisotopic (exact) mass is 535 g/mol. The Morgan fingerprint density at radius 3 is 2.49 bits per heavy atom. The van der Waals surface area contributed by atoms with Gasteiger partial charge in [0.2, 0.25) is 0 Å². The molecular formula is C31H35F2N3O3. The number of hydrogen-bond donors (Lipinski definition) is 0. The lowest BCUT2D eigenvalue weighted by atomic mass is 9.66. The molecule has 0 atom stereocenters. The van der Waals surface area contributed by atoms with Crippen LogP contribution in [0.1, 0.15) is 75.5 Å². The molecule has 1 saturated carbocycles. The van der Waals surface area contributed by atoms with Gasteiger partial charge in [0.25, 0.3) is 0 Å². The van der Waals surface area contributed by atoms with Gasteiger partial charge in [0.15, 0.2) is 11.5 Å². The van der Waals surface area contributed by atoms with E-state index in [0.717, 1.165) is 24.4 Å². The number of benzene rings is 1. The maximum absolute atomic E-state index is 14.2. The van der Waals surface area contributed by atoms with Gasteiger partial charge in [-0.3, -0.25) is 14.6 Å². The van der Waals surface area contributed by atoms with Crippen LogP contribution in [0.5, 0.6) is 0 Å². The van der Waals surface area contributed by atoms with Crippen LogP contribution in [-0.2, 0) is 10.2 Å². The molecule has 0 bridgehead atoms. The highest BCUT2D eigenvalue weighted by atomic mass is 19.1. The molecule has 0 amide bonds. The number of rotatable bonds is 11. The number of likely N-dealkylation sites (tertiary alicyclic amines) is 1. The molecule has 39 heavy (non-hydrogen) atoms. The van der Waals surface area contributed by atoms with Crippen molar-refractivity contribution in [1.82, 2.24) is 15.0 Å². The van der Waals surface area contributed by atoms with E-state index in [1.807, 2.05) is 32.0 Å². The van der Waals surface area contributed by atoms with Crippen LogP contribution in [0, 0.1) is 22.5 Å². The summed E-state index contributed by atoms with van der Waals surface area (Å²) in [5, 5.41) is 3.89. The van der Waals surface area contributed by atoms with Gasteiger partial charge in [-0.2, -0.15) is 0 Å². The SMILES string of the molecule is CC1(CN2CC(CC(=O)CC(C)(C)c3ccccn3)(CC(=O)c3cc(-c4ccc(F)cc4F)on3)C2)CCC1. The highest BCUT2D eigenvalue weighted by Crippen LogP contribution is 2.46. The maximum Gasteiger partial charge on any atom is 0.185 e. The Hall–Kier alpha value is -3.26. The molecule has 0 N–H and O–H groups in total. The second-order valence-electron chi connectivity index (χ2n) is 12.6. The van der Waals surface area contributed by atoms with Crippen molar-refractivity contribution < 1.29 is 22.9 Å². The fourth-order valence-corrected chi connectivity index (χ4v) is 6.26. The number of nitrogens with zero attached hydrogens (tertiary/aromatic N) is 3. The molecule has 2 aliphatic rings. The fourth-order valence-electron chi connectivity index (χ4n) is 6.26. The van der Waals surface area contributed by atoms with E-state index in [9.17, 15) is 18.4 Å². The van der Waals surface area contributed by atoms with E-state index < -0.39 is 22.5 Å². The minimum atomic E-state index is -0.790. The molecule has 3 aromatic rings. The van der Waals surface area contributed by atoms with Crippen LogP contribution in [0.15, 0.2) is 53.2 Å². The highest BCUT2D eigenvalue weighted by Gasteiger charge is 2.48. The number of pyridine rings is 1. The quantitative estimate of drug-likeness (QED) is 0.264. The average molecular weight is 536 g/mol. The van der Waals surface area contributed by atoms with Crippen LogP contribution in [0.25, 0.3) is 11.3 Å². The van der Waals surface area contributed by atoms with Crippen molar-refractivity contribution in [2.45, 2.75) is 64.7 Å². The minimum absolute atomic E-state index is 0.0353. The maximum atomic E-state index is 14.2. The van der Waals surface area contributed by atoms with Gasteiger partial charge in [-0.25, -0.2) is 8.78 Å². The van der Waals surface area contributed by atoms with Gasteiger partial charge in [-0.15, -0.1) is 0 Å². The summed E-state index contributed by atoms with van der Waals surface area (Å²) < 4.78 is 32.8. The molecule has 6 nitrogen and oxygen atoms in total. The standard InChI is InChI=1S/C31H35F2N3O3/c1-29(2,28-7-4-5-12-34-28)15-22(37)16-31(19-36(20-31)18-30(3)10-6-11-30)17-26(38)25-14-27(39-35-25)23-9-8-21(32)13-24(23)33/h4-5,7-9,12-14H,6,10-11,15-20H2,1-3H3. The van der Waals surface area contributed by atoms with Crippen LogP contribution >= 0.6 is 0 Å². The minimum Gasteiger partial charge on any atom is -0.355 e. The number of hydrogen-bond acceptors (Lipinski definition) is 6. The molecule has 0 unspecified atom stereocenters. The number of carbonyl (C=O) groups excluding carboxylic acids is 2. The van der Waals surface area contributed by atoms with Gasteiger partial charge in [0.1, 0.15) is 23.1 Å². The van der Waals surface area contributed by atoms with Crippen molar-refractivity contribution in [2.24, 2.45) is 10.8 Å². The van der Waals surface area contributed by atoms with E-state index >= 15 is 0 Å². The van der Waals surface area contributed by atoms with Crippen LogP contribution in [0.2, 0.25) is 0 Å². The molecular weight excluding hydrogens is 500 g/mol. The number of Topliss-reactive ketones (excluding diaryl/α,β-unsaturated/α-hetero) is 2. The Kier molecular flexibility index (Phi) is 7.27. The van der Waals surface area contributed by atoms with E-state index in [1.54, 1.807) is 6.20 Å². The molecule has 2 fully saturated rings. The second-order valence-corrected chi connectivity index (χ2v) is 12.6. The third-order valence-electron chi connectivity index (χ3n) is 8.38. The van der Waals surface area contributed by atoms with Gasteiger partial charge < -0.3 is 9.42 Å². The summed E-state index contributed by atoms with van der Waals surface area (Å²) in [5.41, 5.74) is 0.370. The summed E-state index contributed by atoms with van der Waals surface area (Å²) in [7, 11) is 0. The van der Waals surface area contributed by atoms with Crippen molar-refractivity contribution in [3.63, 3.8) is 0 Å². The largest absolute Gasteiger partial charge is 0.355 e. The predicted octanol–water partition coefficient (Wildman–Crippen LogP) is 6.41. The molecule has 0 radical (unpaired) electrons. The average Bonchev–Trinajstić information content (AvgIpc) is 3.32. The fraction of sp³-hybridized carbons (Fsp3) is 0.484. The molecule has 3 heterocycles. The Balaban J connectivity index is 1.30. The second kappa shape index (κ2) is 10.4. The Morgan fingerprint density at radius 2 is 1.85 bits per heavy atom. The first-order valence-electron chi connectivity index (χ1n) is 13.6. The zero-order chi connectivity index (χ0) is 27.8. The van der Waals surface area contributed by atoms with E-state index in [0.29, 0.717) is 31.3 Å². The molecule has 0 spiro atoms. The summed E-state index contributed by atoms with van der Waals surface area (Å²) >= 11 is 0. The van der Waals surface area contributed by atoms with Gasteiger partial charge in [-0.05, 0) is 42.5 Å². The van der Waals surface area contributed by atoms with Crippen molar-refractivity contribution in [2.75, 3.05) is 19.6 Å². The Labute approximate surface area is 227 Å². The normalized spacial score (nSPS) is 18.3. The number of aromatic nitrogens is 2. The molecule has 8 heteroatoms. The number of ketones is 2. The highest BCUT2D eigenvalue weighted by molar-refractivity contribution is 5.96.